The Labute approximate surface area is 247 Å². The number of nitro benzene ring substituents is 1. The number of esters is 2. The van der Waals surface area contributed by atoms with Crippen molar-refractivity contribution < 1.29 is 42.0 Å². The average molecular weight is 639 g/mol. The number of amides is 2. The van der Waals surface area contributed by atoms with Crippen molar-refractivity contribution >= 4 is 77.2 Å². The molecule has 2 aromatic heterocycles. The fraction of sp³-hybridized carbons (Fsp3) is 0.400. The summed E-state index contributed by atoms with van der Waals surface area (Å²) >= 11 is 2.04. The minimum atomic E-state index is -4.31. The molecule has 42 heavy (non-hydrogen) atoms. The minimum Gasteiger partial charge on any atom is -0.468 e. The maximum absolute atomic E-state index is 12.8. The van der Waals surface area contributed by atoms with Gasteiger partial charge >= 0.3 is 11.9 Å². The lowest BCUT2D eigenvalue weighted by Crippen LogP contribution is -2.29. The van der Waals surface area contributed by atoms with Crippen LogP contribution >= 0.6 is 22.7 Å². The number of nitro groups is 1. The molecule has 0 radical (unpaired) electrons. The molecule has 0 aliphatic heterocycles. The summed E-state index contributed by atoms with van der Waals surface area (Å²) in [7, 11) is -1.94. The number of thiazole rings is 1. The van der Waals surface area contributed by atoms with Gasteiger partial charge in [0.25, 0.3) is 11.6 Å². The van der Waals surface area contributed by atoms with Crippen molar-refractivity contribution in [3.63, 3.8) is 0 Å². The van der Waals surface area contributed by atoms with Crippen LogP contribution in [0.25, 0.3) is 10.2 Å². The predicted octanol–water partition coefficient (Wildman–Crippen LogP) is 2.24. The van der Waals surface area contributed by atoms with Gasteiger partial charge in [0, 0.05) is 17.0 Å². The first-order valence-corrected chi connectivity index (χ1v) is 15.9. The highest BCUT2D eigenvalue weighted by Gasteiger charge is 2.30. The molecular formula is C25H26N4O10S3. The van der Waals surface area contributed by atoms with E-state index in [0.717, 1.165) is 41.7 Å². The molecule has 0 bridgehead atoms. The first kappa shape index (κ1) is 31.0. The molecule has 1 aromatic carbocycles. The molecular weight excluding hydrogens is 612 g/mol. The molecule has 17 heteroatoms. The molecule has 14 nitrogen and oxygen atoms in total. The van der Waals surface area contributed by atoms with Crippen molar-refractivity contribution in [2.24, 2.45) is 10.9 Å². The van der Waals surface area contributed by atoms with Crippen molar-refractivity contribution in [2.75, 3.05) is 31.0 Å². The second-order valence-electron chi connectivity index (χ2n) is 9.59. The van der Waals surface area contributed by atoms with Gasteiger partial charge in [-0.25, -0.2) is 13.2 Å². The summed E-state index contributed by atoms with van der Waals surface area (Å²) in [5, 5.41) is 13.9. The summed E-state index contributed by atoms with van der Waals surface area (Å²) in [5.74, 6) is -5.15. The van der Waals surface area contributed by atoms with Crippen LogP contribution in [-0.2, 0) is 53.1 Å². The number of sulfone groups is 1. The Balaban J connectivity index is 1.55. The highest BCUT2D eigenvalue weighted by molar-refractivity contribution is 7.92. The van der Waals surface area contributed by atoms with Gasteiger partial charge < -0.3 is 19.4 Å². The van der Waals surface area contributed by atoms with E-state index in [1.807, 2.05) is 0 Å². The highest BCUT2D eigenvalue weighted by atomic mass is 32.2. The second-order valence-corrected chi connectivity index (χ2v) is 13.8. The van der Waals surface area contributed by atoms with E-state index >= 15 is 0 Å². The van der Waals surface area contributed by atoms with E-state index in [4.69, 9.17) is 4.74 Å². The van der Waals surface area contributed by atoms with Crippen LogP contribution in [0.1, 0.15) is 34.1 Å². The number of aromatic nitrogens is 1. The van der Waals surface area contributed by atoms with Gasteiger partial charge in [0.1, 0.15) is 23.1 Å². The van der Waals surface area contributed by atoms with E-state index in [0.29, 0.717) is 22.6 Å². The Morgan fingerprint density at radius 3 is 2.57 bits per heavy atom. The summed E-state index contributed by atoms with van der Waals surface area (Å²) < 4.78 is 36.7. The SMILES string of the molecule is COC(=O)Cn1c(=NC(=O)CS(=O)(=O)CC(=O)Nc2sc3c(c2C(=O)OC)CCC(C)C3)sc2cc([N+](=O)[O-])ccc21. The van der Waals surface area contributed by atoms with E-state index in [1.54, 1.807) is 0 Å². The van der Waals surface area contributed by atoms with E-state index in [2.05, 4.69) is 22.0 Å². The fourth-order valence-corrected chi connectivity index (χ4v) is 8.01. The Morgan fingerprint density at radius 2 is 1.90 bits per heavy atom. The van der Waals surface area contributed by atoms with Crippen molar-refractivity contribution in [1.29, 1.82) is 0 Å². The third-order valence-corrected chi connectivity index (χ3v) is 10.1. The topological polar surface area (TPSA) is 193 Å². The smallest absolute Gasteiger partial charge is 0.341 e. The Kier molecular flexibility index (Phi) is 9.22. The van der Waals surface area contributed by atoms with E-state index in [-0.39, 0.29) is 27.6 Å². The summed E-state index contributed by atoms with van der Waals surface area (Å²) in [5.41, 5.74) is 1.11. The van der Waals surface area contributed by atoms with Crippen molar-refractivity contribution in [2.45, 2.75) is 32.7 Å². The monoisotopic (exact) mass is 638 g/mol. The van der Waals surface area contributed by atoms with Crippen molar-refractivity contribution in [3.8, 4) is 0 Å². The van der Waals surface area contributed by atoms with Crippen molar-refractivity contribution in [3.05, 3.63) is 49.1 Å². The fourth-order valence-electron chi connectivity index (χ4n) is 4.50. The molecule has 0 fully saturated rings. The predicted molar refractivity (Wildman–Crippen MR) is 153 cm³/mol. The zero-order valence-corrected chi connectivity index (χ0v) is 25.2. The van der Waals surface area contributed by atoms with Crippen LogP contribution in [0.15, 0.2) is 23.2 Å². The number of anilines is 1. The normalized spacial score (nSPS) is 15.2. The number of non-ortho nitro benzene ring substituents is 1. The van der Waals surface area contributed by atoms with Crippen LogP contribution in [0.4, 0.5) is 10.7 Å². The first-order valence-electron chi connectivity index (χ1n) is 12.5. The minimum absolute atomic E-state index is 0.0818. The molecule has 1 atom stereocenters. The van der Waals surface area contributed by atoms with Crippen molar-refractivity contribution in [1.82, 2.24) is 4.57 Å². The molecule has 2 heterocycles. The van der Waals surface area contributed by atoms with E-state index in [1.165, 1.54) is 41.2 Å². The first-order chi connectivity index (χ1) is 19.8. The third kappa shape index (κ3) is 6.91. The number of ether oxygens (including phenoxy) is 2. The highest BCUT2D eigenvalue weighted by Crippen LogP contribution is 2.40. The molecule has 1 N–H and O–H groups in total. The maximum atomic E-state index is 12.8. The van der Waals surface area contributed by atoms with Gasteiger partial charge in [0.15, 0.2) is 14.6 Å². The van der Waals surface area contributed by atoms with Gasteiger partial charge in [-0.3, -0.25) is 24.5 Å². The number of hydrogen-bond acceptors (Lipinski definition) is 12. The molecule has 224 valence electrons. The molecule has 1 unspecified atom stereocenters. The Morgan fingerprint density at radius 1 is 1.17 bits per heavy atom. The number of thiophene rings is 1. The van der Waals surface area contributed by atoms with Gasteiger partial charge in [-0.05, 0) is 36.8 Å². The second kappa shape index (κ2) is 12.5. The maximum Gasteiger partial charge on any atom is 0.341 e. The van der Waals surface area contributed by atoms with E-state index in [9.17, 15) is 37.7 Å². The number of carbonyl (C=O) groups is 4. The molecule has 0 saturated heterocycles. The van der Waals surface area contributed by atoms with E-state index < -0.39 is 50.0 Å². The Hall–Kier alpha value is -3.96. The van der Waals surface area contributed by atoms with Gasteiger partial charge in [0.2, 0.25) is 5.91 Å². The summed E-state index contributed by atoms with van der Waals surface area (Å²) in [6.45, 7) is 1.69. The number of rotatable bonds is 9. The van der Waals surface area contributed by atoms with Gasteiger partial charge in [-0.15, -0.1) is 11.3 Å². The number of benzene rings is 1. The standard InChI is InChI=1S/C25H26N4O10S3/c1-13-4-6-15-17(8-13)40-23(22(15)24(33)39-3)26-19(30)11-42(36,37)12-20(31)27-25-28(10-21(32)38-2)16-7-5-14(29(34)35)9-18(16)41-25/h5,7,9,13H,4,6,8,10-12H2,1-3H3,(H,26,30). The zero-order valence-electron chi connectivity index (χ0n) is 22.7. The number of hydrogen-bond donors (Lipinski definition) is 1. The van der Waals surface area contributed by atoms with Crippen LogP contribution in [0.5, 0.6) is 0 Å². The third-order valence-electron chi connectivity index (χ3n) is 6.46. The number of carbonyl (C=O) groups excluding carboxylic acids is 4. The number of nitrogens with zero attached hydrogens (tertiary/aromatic N) is 3. The molecule has 1 aliphatic carbocycles. The Bertz CT molecular complexity index is 1780. The lowest BCUT2D eigenvalue weighted by molar-refractivity contribution is -0.384. The van der Waals surface area contributed by atoms with Gasteiger partial charge in [-0.2, -0.15) is 4.99 Å². The van der Waals surface area contributed by atoms with Crippen LogP contribution < -0.4 is 10.1 Å². The molecule has 3 aromatic rings. The molecule has 4 rings (SSSR count). The van der Waals surface area contributed by atoms with Crippen LogP contribution in [0, 0.1) is 16.0 Å². The number of methoxy groups -OCH3 is 2. The molecule has 0 spiro atoms. The number of nitrogens with one attached hydrogen (secondary N) is 1. The van der Waals surface area contributed by atoms with Crippen LogP contribution in [0.3, 0.4) is 0 Å². The van der Waals surface area contributed by atoms with Crippen LogP contribution in [0.2, 0.25) is 0 Å². The lowest BCUT2D eigenvalue weighted by Gasteiger charge is -2.18. The summed E-state index contributed by atoms with van der Waals surface area (Å²) in [6, 6.07) is 3.83. The molecule has 0 saturated carbocycles. The summed E-state index contributed by atoms with van der Waals surface area (Å²) in [4.78, 5) is 65.1. The quantitative estimate of drug-likeness (QED) is 0.206. The largest absolute Gasteiger partial charge is 0.468 e. The summed E-state index contributed by atoms with van der Waals surface area (Å²) in [6.07, 6.45) is 2.20. The molecule has 1 aliphatic rings. The zero-order chi connectivity index (χ0) is 30.8. The number of fused-ring (bicyclic) bond motifs is 2. The lowest BCUT2D eigenvalue weighted by atomic mass is 9.88. The average Bonchev–Trinajstić information content (AvgIpc) is 3.43. The van der Waals surface area contributed by atoms with Gasteiger partial charge in [0.05, 0.1) is 34.9 Å². The molecule has 2 amide bonds. The van der Waals surface area contributed by atoms with Gasteiger partial charge in [-0.1, -0.05) is 18.3 Å². The van der Waals surface area contributed by atoms with Crippen LogP contribution in [-0.4, -0.2) is 67.4 Å².